The second kappa shape index (κ2) is 6.50. The number of hydrogen-bond acceptors (Lipinski definition) is 2. The van der Waals surface area contributed by atoms with Crippen molar-refractivity contribution in [1.82, 2.24) is 4.90 Å². The minimum atomic E-state index is -0.241. The van der Waals surface area contributed by atoms with Gasteiger partial charge in [-0.3, -0.25) is 9.69 Å². The molecule has 120 valence electrons. The van der Waals surface area contributed by atoms with E-state index in [1.165, 1.54) is 17.7 Å². The molecule has 0 saturated heterocycles. The van der Waals surface area contributed by atoms with E-state index in [1.54, 1.807) is 12.1 Å². The first-order valence-corrected chi connectivity index (χ1v) is 7.87. The lowest BCUT2D eigenvalue weighted by Gasteiger charge is -2.25. The van der Waals surface area contributed by atoms with Crippen molar-refractivity contribution in [3.8, 4) is 0 Å². The van der Waals surface area contributed by atoms with Gasteiger partial charge in [-0.2, -0.15) is 0 Å². The van der Waals surface area contributed by atoms with Crippen LogP contribution in [0.15, 0.2) is 48.5 Å². The van der Waals surface area contributed by atoms with Crippen LogP contribution < -0.4 is 4.90 Å². The van der Waals surface area contributed by atoms with Crippen molar-refractivity contribution in [2.24, 2.45) is 0 Å². The summed E-state index contributed by atoms with van der Waals surface area (Å²) in [7, 11) is 1.91. The fraction of sp³-hybridized carbons (Fsp3) is 0.316. The molecule has 0 saturated carbocycles. The number of rotatable bonds is 4. The molecule has 3 rings (SSSR count). The van der Waals surface area contributed by atoms with Gasteiger partial charge in [0.1, 0.15) is 5.82 Å². The Balaban J connectivity index is 1.66. The average molecular weight is 312 g/mol. The van der Waals surface area contributed by atoms with Gasteiger partial charge in [0.15, 0.2) is 0 Å². The van der Waals surface area contributed by atoms with E-state index < -0.39 is 0 Å². The first-order valence-electron chi connectivity index (χ1n) is 7.87. The van der Waals surface area contributed by atoms with Crippen molar-refractivity contribution >= 4 is 11.6 Å². The number of nitrogens with zero attached hydrogens (tertiary/aromatic N) is 2. The molecular weight excluding hydrogens is 291 g/mol. The predicted molar refractivity (Wildman–Crippen MR) is 89.8 cm³/mol. The van der Waals surface area contributed by atoms with Crippen molar-refractivity contribution in [3.05, 3.63) is 65.5 Å². The van der Waals surface area contributed by atoms with Crippen LogP contribution in [0.25, 0.3) is 0 Å². The zero-order chi connectivity index (χ0) is 16.4. The predicted octanol–water partition coefficient (Wildman–Crippen LogP) is 3.24. The molecule has 0 unspecified atom stereocenters. The molecule has 3 nitrogen and oxygen atoms in total. The Morgan fingerprint density at radius 2 is 1.91 bits per heavy atom. The third-order valence-electron chi connectivity index (χ3n) is 4.25. The highest BCUT2D eigenvalue weighted by atomic mass is 19.1. The van der Waals surface area contributed by atoms with Gasteiger partial charge in [0, 0.05) is 18.3 Å². The Bertz CT molecular complexity index is 699. The number of carbonyl (C=O) groups is 1. The van der Waals surface area contributed by atoms with Gasteiger partial charge in [-0.25, -0.2) is 4.39 Å². The summed E-state index contributed by atoms with van der Waals surface area (Å²) in [6.45, 7) is 3.05. The van der Waals surface area contributed by atoms with Crippen LogP contribution in [-0.4, -0.2) is 30.4 Å². The molecular formula is C19H21FN2O. The highest BCUT2D eigenvalue weighted by molar-refractivity contribution is 5.97. The standard InChI is InChI=1S/C19H21FN2O/c1-14-11-16-5-3-4-6-18(16)22(14)19(23)13-21(2)12-15-7-9-17(20)10-8-15/h3-10,14H,11-13H2,1-2H3/t14-/m1/s1. The van der Waals surface area contributed by atoms with E-state index in [0.717, 1.165) is 17.7 Å². The quantitative estimate of drug-likeness (QED) is 0.865. The number of para-hydroxylation sites is 1. The molecule has 2 aromatic rings. The van der Waals surface area contributed by atoms with Crippen molar-refractivity contribution in [2.45, 2.75) is 25.9 Å². The normalized spacial score (nSPS) is 16.7. The van der Waals surface area contributed by atoms with Crippen LogP contribution in [0.5, 0.6) is 0 Å². The number of carbonyl (C=O) groups excluding carboxylic acids is 1. The van der Waals surface area contributed by atoms with Crippen molar-refractivity contribution in [1.29, 1.82) is 0 Å². The number of halogens is 1. The molecule has 1 amide bonds. The Hall–Kier alpha value is -2.20. The number of likely N-dealkylation sites (N-methyl/N-ethyl adjacent to an activating group) is 1. The molecule has 1 aliphatic heterocycles. The lowest BCUT2D eigenvalue weighted by Crippen LogP contribution is -2.41. The van der Waals surface area contributed by atoms with Crippen LogP contribution in [0.3, 0.4) is 0 Å². The summed E-state index contributed by atoms with van der Waals surface area (Å²) < 4.78 is 12.9. The third-order valence-corrected chi connectivity index (χ3v) is 4.25. The molecule has 23 heavy (non-hydrogen) atoms. The van der Waals surface area contributed by atoms with Crippen LogP contribution in [0.1, 0.15) is 18.1 Å². The number of anilines is 1. The summed E-state index contributed by atoms with van der Waals surface area (Å²) in [5.74, 6) is -0.137. The van der Waals surface area contributed by atoms with Crippen molar-refractivity contribution in [2.75, 3.05) is 18.5 Å². The molecule has 2 aromatic carbocycles. The maximum atomic E-state index is 12.9. The van der Waals surface area contributed by atoms with E-state index in [0.29, 0.717) is 13.1 Å². The lowest BCUT2D eigenvalue weighted by atomic mass is 10.1. The SMILES string of the molecule is C[C@@H]1Cc2ccccc2N1C(=O)CN(C)Cc1ccc(F)cc1. The Morgan fingerprint density at radius 1 is 1.22 bits per heavy atom. The number of hydrogen-bond donors (Lipinski definition) is 0. The van der Waals surface area contributed by atoms with E-state index in [4.69, 9.17) is 0 Å². The topological polar surface area (TPSA) is 23.6 Å². The van der Waals surface area contributed by atoms with Gasteiger partial charge in [0.2, 0.25) is 5.91 Å². The van der Waals surface area contributed by atoms with E-state index in [9.17, 15) is 9.18 Å². The molecule has 1 heterocycles. The monoisotopic (exact) mass is 312 g/mol. The zero-order valence-corrected chi connectivity index (χ0v) is 13.5. The summed E-state index contributed by atoms with van der Waals surface area (Å²) in [5.41, 5.74) is 3.26. The summed E-state index contributed by atoms with van der Waals surface area (Å²) in [5, 5.41) is 0. The second-order valence-corrected chi connectivity index (χ2v) is 6.24. The van der Waals surface area contributed by atoms with Gasteiger partial charge < -0.3 is 4.90 Å². The number of benzene rings is 2. The summed E-state index contributed by atoms with van der Waals surface area (Å²) >= 11 is 0. The van der Waals surface area contributed by atoms with Gasteiger partial charge in [-0.1, -0.05) is 30.3 Å². The van der Waals surface area contributed by atoms with Crippen LogP contribution in [0, 0.1) is 5.82 Å². The molecule has 4 heteroatoms. The van der Waals surface area contributed by atoms with Gasteiger partial charge in [-0.15, -0.1) is 0 Å². The highest BCUT2D eigenvalue weighted by Crippen LogP contribution is 2.31. The Kier molecular flexibility index (Phi) is 4.44. The minimum Gasteiger partial charge on any atom is -0.308 e. The van der Waals surface area contributed by atoms with Crippen LogP contribution >= 0.6 is 0 Å². The first kappa shape index (κ1) is 15.7. The first-order chi connectivity index (χ1) is 11.0. The molecule has 0 N–H and O–H groups in total. The molecule has 0 radical (unpaired) electrons. The Labute approximate surface area is 136 Å². The third kappa shape index (κ3) is 3.42. The minimum absolute atomic E-state index is 0.104. The molecule has 0 spiro atoms. The zero-order valence-electron chi connectivity index (χ0n) is 13.5. The summed E-state index contributed by atoms with van der Waals surface area (Å²) in [4.78, 5) is 16.6. The van der Waals surface area contributed by atoms with Gasteiger partial charge in [0.05, 0.1) is 6.54 Å². The van der Waals surface area contributed by atoms with Crippen molar-refractivity contribution < 1.29 is 9.18 Å². The maximum Gasteiger partial charge on any atom is 0.241 e. The fourth-order valence-electron chi connectivity index (χ4n) is 3.21. The lowest BCUT2D eigenvalue weighted by molar-refractivity contribution is -0.119. The maximum absolute atomic E-state index is 12.9. The van der Waals surface area contributed by atoms with Gasteiger partial charge in [-0.05, 0) is 49.7 Å². The number of fused-ring (bicyclic) bond motifs is 1. The van der Waals surface area contributed by atoms with E-state index in [1.807, 2.05) is 35.0 Å². The van der Waals surface area contributed by atoms with E-state index in [2.05, 4.69) is 13.0 Å². The van der Waals surface area contributed by atoms with E-state index >= 15 is 0 Å². The van der Waals surface area contributed by atoms with Gasteiger partial charge >= 0.3 is 0 Å². The summed E-state index contributed by atoms with van der Waals surface area (Å²) in [6, 6.07) is 14.7. The highest BCUT2D eigenvalue weighted by Gasteiger charge is 2.30. The van der Waals surface area contributed by atoms with Crippen LogP contribution in [0.2, 0.25) is 0 Å². The van der Waals surface area contributed by atoms with Crippen LogP contribution in [0.4, 0.5) is 10.1 Å². The largest absolute Gasteiger partial charge is 0.308 e. The average Bonchev–Trinajstić information content (AvgIpc) is 2.85. The molecule has 0 fully saturated rings. The van der Waals surface area contributed by atoms with Crippen molar-refractivity contribution in [3.63, 3.8) is 0 Å². The van der Waals surface area contributed by atoms with Gasteiger partial charge in [0.25, 0.3) is 0 Å². The number of amides is 1. The second-order valence-electron chi connectivity index (χ2n) is 6.24. The van der Waals surface area contributed by atoms with Crippen LogP contribution in [-0.2, 0) is 17.8 Å². The molecule has 0 aliphatic carbocycles. The molecule has 1 atom stereocenters. The fourth-order valence-corrected chi connectivity index (χ4v) is 3.21. The molecule has 0 bridgehead atoms. The van der Waals surface area contributed by atoms with E-state index in [-0.39, 0.29) is 17.8 Å². The molecule has 0 aromatic heterocycles. The summed E-state index contributed by atoms with van der Waals surface area (Å²) in [6.07, 6.45) is 0.906. The Morgan fingerprint density at radius 3 is 2.65 bits per heavy atom. The molecule has 1 aliphatic rings. The smallest absolute Gasteiger partial charge is 0.241 e.